The molecule has 0 spiro atoms. The highest BCUT2D eigenvalue weighted by Crippen LogP contribution is 2.41. The first-order chi connectivity index (χ1) is 37.8. The number of ether oxygens (including phenoxy) is 2. The molecule has 1 aliphatic heterocycles. The molecule has 18 heteroatoms. The maximum atomic E-state index is 14.3. The number of aromatic hydroxyl groups is 2. The minimum Gasteiger partial charge on any atom is -0.494 e. The lowest BCUT2D eigenvalue weighted by Gasteiger charge is -2.36. The topological polar surface area (TPSA) is 241 Å². The lowest BCUT2D eigenvalue weighted by molar-refractivity contribution is -0.143. The predicted molar refractivity (Wildman–Crippen MR) is 313 cm³/mol. The second-order valence-corrected chi connectivity index (χ2v) is 23.6. The van der Waals surface area contributed by atoms with Gasteiger partial charge in [0, 0.05) is 51.8 Å². The number of aliphatic hydroxyl groups excluding tert-OH is 1. The zero-order valence-electron chi connectivity index (χ0n) is 51.2. The van der Waals surface area contributed by atoms with Gasteiger partial charge in [-0.2, -0.15) is 0 Å². The van der Waals surface area contributed by atoms with E-state index in [9.17, 15) is 44.1 Å². The highest BCUT2D eigenvalue weighted by Gasteiger charge is 2.42. The van der Waals surface area contributed by atoms with E-state index in [0.29, 0.717) is 63.7 Å². The lowest BCUT2D eigenvalue weighted by Crippen LogP contribution is -2.54. The molecule has 5 amide bonds. The predicted octanol–water partition coefficient (Wildman–Crippen LogP) is 8.42. The van der Waals surface area contributed by atoms with E-state index in [-0.39, 0.29) is 101 Å². The quantitative estimate of drug-likeness (QED) is 0.0196. The number of rotatable bonds is 35. The first kappa shape index (κ1) is 69.0. The van der Waals surface area contributed by atoms with Crippen LogP contribution in [0.5, 0.6) is 11.8 Å². The van der Waals surface area contributed by atoms with Crippen molar-refractivity contribution in [2.75, 3.05) is 34.4 Å². The molecule has 0 saturated carbocycles. The van der Waals surface area contributed by atoms with Crippen LogP contribution in [0, 0.1) is 29.6 Å². The van der Waals surface area contributed by atoms with Crippen LogP contribution in [0.3, 0.4) is 0 Å². The molecule has 2 heterocycles. The van der Waals surface area contributed by atoms with Crippen molar-refractivity contribution in [3.05, 3.63) is 59.2 Å². The van der Waals surface area contributed by atoms with Gasteiger partial charge < -0.3 is 40.3 Å². The summed E-state index contributed by atoms with van der Waals surface area (Å²) < 4.78 is 13.6. The molecule has 1 aromatic heterocycles. The zero-order chi connectivity index (χ0) is 60.0. The van der Waals surface area contributed by atoms with Gasteiger partial charge in [-0.15, -0.1) is 0 Å². The van der Waals surface area contributed by atoms with Gasteiger partial charge in [0.2, 0.25) is 29.5 Å². The number of unbranched alkanes of at least 4 members (excludes halogenated alkanes) is 2. The van der Waals surface area contributed by atoms with E-state index >= 15 is 0 Å². The van der Waals surface area contributed by atoms with Crippen molar-refractivity contribution in [3.8, 4) is 11.8 Å². The third-order valence-corrected chi connectivity index (χ3v) is 17.1. The van der Waals surface area contributed by atoms with Gasteiger partial charge in [-0.05, 0) is 120 Å². The number of hydrogen-bond acceptors (Lipinski definition) is 12. The molecule has 10 unspecified atom stereocenters. The first-order valence-corrected chi connectivity index (χ1v) is 29.6. The van der Waals surface area contributed by atoms with Gasteiger partial charge in [-0.25, -0.2) is 0 Å². The molecule has 0 bridgehead atoms. The molecule has 18 nitrogen and oxygen atoms in total. The number of ketones is 1. The number of nitrogens with zero attached hydrogens (tertiary/aromatic N) is 3. The molecule has 2 aromatic rings. The summed E-state index contributed by atoms with van der Waals surface area (Å²) in [7, 11) is 4.99. The van der Waals surface area contributed by atoms with Crippen LogP contribution < -0.4 is 21.5 Å². The Bertz CT molecular complexity index is 2300. The Hall–Kier alpha value is -5.30. The summed E-state index contributed by atoms with van der Waals surface area (Å²) in [5, 5.41) is 38.3. The van der Waals surface area contributed by atoms with E-state index in [1.807, 2.05) is 81.8 Å². The number of nitrogens with one attached hydrogen (secondary N) is 4. The van der Waals surface area contributed by atoms with E-state index in [2.05, 4.69) is 56.1 Å². The fraction of sp³-hybridized carbons (Fsp3) is 0.710. The van der Waals surface area contributed by atoms with E-state index in [0.717, 1.165) is 36.8 Å². The molecular formula is C62H103N7O11. The van der Waals surface area contributed by atoms with Crippen LogP contribution in [-0.2, 0) is 50.2 Å². The lowest BCUT2D eigenvalue weighted by atomic mass is 9.79. The van der Waals surface area contributed by atoms with Crippen molar-refractivity contribution in [1.82, 2.24) is 35.9 Å². The number of hydrazine groups is 1. The summed E-state index contributed by atoms with van der Waals surface area (Å²) in [6.45, 7) is 24.9. The van der Waals surface area contributed by atoms with E-state index in [4.69, 9.17) is 9.47 Å². The van der Waals surface area contributed by atoms with Gasteiger partial charge in [0.05, 0.1) is 54.8 Å². The molecule has 3 rings (SSSR count). The zero-order valence-corrected chi connectivity index (χ0v) is 51.2. The maximum Gasteiger partial charge on any atom is 0.238 e. The van der Waals surface area contributed by atoms with Crippen LogP contribution in [-0.4, -0.2) is 136 Å². The molecule has 452 valence electrons. The molecule has 1 aliphatic rings. The number of amides is 5. The number of methoxy groups -OCH3 is 2. The third kappa shape index (κ3) is 19.7. The number of hydrogen-bond donors (Lipinski definition) is 7. The SMILES string of the molecule is CCC(C)C(C/C(C)=C/C(=O)C(NC(=O)C(C(C)C)N(C)CCCC(=O)NNC(=O)CCCCCn1c(O)cc(C(C)(CC)CC)c1O)C(C)C)C(CC(=O)N1CCCC1C(OC)C(C)C(=O)NC(C)C(O)c1ccccc1)OC. The van der Waals surface area contributed by atoms with Crippen molar-refractivity contribution in [2.45, 2.75) is 221 Å². The van der Waals surface area contributed by atoms with E-state index < -0.39 is 42.4 Å². The number of likely N-dealkylation sites (tertiary alicyclic amines) is 1. The number of carbonyl (C=O) groups excluding carboxylic acids is 6. The highest BCUT2D eigenvalue weighted by molar-refractivity contribution is 5.98. The van der Waals surface area contributed by atoms with Crippen LogP contribution in [0.1, 0.15) is 184 Å². The van der Waals surface area contributed by atoms with Crippen LogP contribution in [0.2, 0.25) is 0 Å². The van der Waals surface area contributed by atoms with Crippen molar-refractivity contribution >= 4 is 35.3 Å². The van der Waals surface area contributed by atoms with Crippen LogP contribution in [0.4, 0.5) is 0 Å². The van der Waals surface area contributed by atoms with Gasteiger partial charge in [0.15, 0.2) is 17.5 Å². The summed E-state index contributed by atoms with van der Waals surface area (Å²) in [6.07, 6.45) is 6.77. The van der Waals surface area contributed by atoms with Gasteiger partial charge in [0.1, 0.15) is 0 Å². The highest BCUT2D eigenvalue weighted by atomic mass is 16.5. The molecular weight excluding hydrogens is 1020 g/mol. The Morgan fingerprint density at radius 1 is 0.825 bits per heavy atom. The Morgan fingerprint density at radius 3 is 2.01 bits per heavy atom. The average Bonchev–Trinajstić information content (AvgIpc) is 4.04. The number of aromatic nitrogens is 1. The molecule has 80 heavy (non-hydrogen) atoms. The van der Waals surface area contributed by atoms with Gasteiger partial charge in [-0.3, -0.25) is 49.1 Å². The van der Waals surface area contributed by atoms with Gasteiger partial charge in [0.25, 0.3) is 0 Å². The molecule has 1 aromatic carbocycles. The Morgan fingerprint density at radius 2 is 1.45 bits per heavy atom. The maximum absolute atomic E-state index is 14.3. The van der Waals surface area contributed by atoms with Gasteiger partial charge in [-0.1, -0.05) is 118 Å². The fourth-order valence-corrected chi connectivity index (χ4v) is 11.4. The third-order valence-electron chi connectivity index (χ3n) is 17.1. The first-order valence-electron chi connectivity index (χ1n) is 29.6. The second kappa shape index (κ2) is 33.6. The summed E-state index contributed by atoms with van der Waals surface area (Å²) in [6, 6.07) is 8.52. The Kier molecular flexibility index (Phi) is 29.0. The normalized spacial score (nSPS) is 17.6. The van der Waals surface area contributed by atoms with Crippen molar-refractivity contribution in [1.29, 1.82) is 0 Å². The molecule has 0 radical (unpaired) electrons. The molecule has 1 fully saturated rings. The summed E-state index contributed by atoms with van der Waals surface area (Å²) in [5.74, 6) is -2.42. The number of likely N-dealkylation sites (N-methyl/N-ethyl adjacent to an activating group) is 1. The van der Waals surface area contributed by atoms with Crippen molar-refractivity contribution in [2.24, 2.45) is 29.6 Å². The number of aliphatic hydroxyl groups is 1. The van der Waals surface area contributed by atoms with Crippen LogP contribution in [0.25, 0.3) is 0 Å². The minimum absolute atomic E-state index is 0.0242. The monoisotopic (exact) mass is 1120 g/mol. The van der Waals surface area contributed by atoms with Crippen LogP contribution in [0.15, 0.2) is 48.0 Å². The summed E-state index contributed by atoms with van der Waals surface area (Å²) in [4.78, 5) is 85.1. The number of allylic oxidation sites excluding steroid dienone is 1. The standard InChI is InChI=1S/C62H103N7O11/c1-16-42(9)46(50(79-14)38-54(74)68-34-25-29-48(68)58(80-15)43(10)59(76)63-44(11)57(75)45-27-21-19-22-28-45)35-41(8)36-49(70)55(39(4)5)64-60(77)56(40(6)7)67(13)32-26-31-52(72)66-65-51(71)30-23-20-24-33-69-53(73)37-47(61(69)78)62(12,17-2)18-3/h19,21-22,27-28,36-37,39-40,42-44,46,48,50,55-58,73,75,78H,16-18,20,23-26,29-35,38H2,1-15H3,(H,63,76)(H,64,77)(H,65,71)(H,66,72)/b41-36+. The molecule has 7 N–H and O–H groups in total. The van der Waals surface area contributed by atoms with E-state index in [1.54, 1.807) is 40.2 Å². The van der Waals surface area contributed by atoms with Crippen molar-refractivity contribution < 1.29 is 53.6 Å². The van der Waals surface area contributed by atoms with Crippen LogP contribution >= 0.6 is 0 Å². The van der Waals surface area contributed by atoms with E-state index in [1.165, 1.54) is 4.57 Å². The fourth-order valence-electron chi connectivity index (χ4n) is 11.4. The second-order valence-electron chi connectivity index (χ2n) is 23.6. The Balaban J connectivity index is 1.54. The van der Waals surface area contributed by atoms with Crippen molar-refractivity contribution in [3.63, 3.8) is 0 Å². The Labute approximate surface area is 478 Å². The number of carbonyl (C=O) groups is 6. The smallest absolute Gasteiger partial charge is 0.238 e. The summed E-state index contributed by atoms with van der Waals surface area (Å²) >= 11 is 0. The van der Waals surface area contributed by atoms with Gasteiger partial charge >= 0.3 is 0 Å². The number of benzene rings is 1. The molecule has 10 atom stereocenters. The molecule has 0 aliphatic carbocycles. The summed E-state index contributed by atoms with van der Waals surface area (Å²) in [5.41, 5.74) is 6.98. The molecule has 1 saturated heterocycles. The largest absolute Gasteiger partial charge is 0.494 e. The minimum atomic E-state index is -0.894. The average molecular weight is 1120 g/mol.